The first-order chi connectivity index (χ1) is 10.3. The van der Waals surface area contributed by atoms with Gasteiger partial charge in [-0.1, -0.05) is 18.2 Å². The highest BCUT2D eigenvalue weighted by atomic mass is 32.2. The van der Waals surface area contributed by atoms with Gasteiger partial charge in [0.15, 0.2) is 0 Å². The maximum atomic E-state index is 9.96. The van der Waals surface area contributed by atoms with Gasteiger partial charge in [0.1, 0.15) is 11.5 Å². The topological polar surface area (TPSA) is 41.5 Å². The van der Waals surface area contributed by atoms with Crippen LogP contribution < -0.4 is 10.1 Å². The van der Waals surface area contributed by atoms with Gasteiger partial charge in [-0.2, -0.15) is 0 Å². The third-order valence-corrected chi connectivity index (χ3v) is 4.91. The summed E-state index contributed by atoms with van der Waals surface area (Å²) in [5.41, 5.74) is 2.22. The number of phenols is 1. The van der Waals surface area contributed by atoms with E-state index in [-0.39, 0.29) is 0 Å². The normalized spacial score (nSPS) is 17.3. The second kappa shape index (κ2) is 6.41. The SMILES string of the molecule is COc1ccc(O)c(CNC2CCSc3ccccc32)c1. The quantitative estimate of drug-likeness (QED) is 0.903. The van der Waals surface area contributed by atoms with E-state index in [1.807, 2.05) is 17.8 Å². The Labute approximate surface area is 129 Å². The van der Waals surface area contributed by atoms with Gasteiger partial charge in [0.2, 0.25) is 0 Å². The first-order valence-corrected chi connectivity index (χ1v) is 8.07. The van der Waals surface area contributed by atoms with Crippen LogP contribution in [0.4, 0.5) is 0 Å². The molecule has 1 unspecified atom stereocenters. The fourth-order valence-corrected chi connectivity index (χ4v) is 3.74. The van der Waals surface area contributed by atoms with Crippen molar-refractivity contribution < 1.29 is 9.84 Å². The van der Waals surface area contributed by atoms with Crippen LogP contribution in [-0.2, 0) is 6.54 Å². The molecule has 2 aromatic rings. The first-order valence-electron chi connectivity index (χ1n) is 7.09. The second-order valence-electron chi connectivity index (χ2n) is 5.10. The molecule has 0 radical (unpaired) electrons. The minimum Gasteiger partial charge on any atom is -0.508 e. The fourth-order valence-electron chi connectivity index (χ4n) is 2.62. The van der Waals surface area contributed by atoms with Crippen LogP contribution in [0.3, 0.4) is 0 Å². The maximum absolute atomic E-state index is 9.96. The number of benzene rings is 2. The molecule has 0 amide bonds. The molecule has 3 rings (SSSR count). The molecule has 2 aromatic carbocycles. The Morgan fingerprint density at radius 3 is 3.00 bits per heavy atom. The second-order valence-corrected chi connectivity index (χ2v) is 6.24. The lowest BCUT2D eigenvalue weighted by Gasteiger charge is -2.26. The van der Waals surface area contributed by atoms with E-state index in [1.54, 1.807) is 19.2 Å². The molecule has 21 heavy (non-hydrogen) atoms. The summed E-state index contributed by atoms with van der Waals surface area (Å²) in [6.07, 6.45) is 1.10. The number of hydrogen-bond acceptors (Lipinski definition) is 4. The summed E-state index contributed by atoms with van der Waals surface area (Å²) in [6.45, 7) is 0.632. The van der Waals surface area contributed by atoms with Crippen LogP contribution in [0.5, 0.6) is 11.5 Å². The molecule has 4 heteroatoms. The number of aromatic hydroxyl groups is 1. The van der Waals surface area contributed by atoms with Crippen LogP contribution in [0.2, 0.25) is 0 Å². The average molecular weight is 301 g/mol. The number of methoxy groups -OCH3 is 1. The zero-order valence-corrected chi connectivity index (χ0v) is 12.8. The van der Waals surface area contributed by atoms with Crippen molar-refractivity contribution in [3.8, 4) is 11.5 Å². The molecule has 0 spiro atoms. The maximum Gasteiger partial charge on any atom is 0.120 e. The Morgan fingerprint density at radius 1 is 1.29 bits per heavy atom. The van der Waals surface area contributed by atoms with Gasteiger partial charge < -0.3 is 15.2 Å². The van der Waals surface area contributed by atoms with E-state index >= 15 is 0 Å². The highest BCUT2D eigenvalue weighted by Crippen LogP contribution is 2.36. The molecule has 1 heterocycles. The van der Waals surface area contributed by atoms with Crippen molar-refractivity contribution in [1.82, 2.24) is 5.32 Å². The number of ether oxygens (including phenoxy) is 1. The molecular weight excluding hydrogens is 282 g/mol. The third-order valence-electron chi connectivity index (χ3n) is 3.78. The summed E-state index contributed by atoms with van der Waals surface area (Å²) in [5.74, 6) is 2.20. The van der Waals surface area contributed by atoms with Gasteiger partial charge in [-0.15, -0.1) is 11.8 Å². The van der Waals surface area contributed by atoms with Crippen molar-refractivity contribution in [3.05, 3.63) is 53.6 Å². The van der Waals surface area contributed by atoms with Crippen molar-refractivity contribution in [2.45, 2.75) is 23.9 Å². The van der Waals surface area contributed by atoms with Crippen LogP contribution in [0.1, 0.15) is 23.6 Å². The lowest BCUT2D eigenvalue weighted by molar-refractivity contribution is 0.408. The minimum atomic E-state index is 0.307. The zero-order chi connectivity index (χ0) is 14.7. The minimum absolute atomic E-state index is 0.307. The predicted molar refractivity (Wildman–Crippen MR) is 86.0 cm³/mol. The van der Waals surface area contributed by atoms with Gasteiger partial charge in [0.25, 0.3) is 0 Å². The van der Waals surface area contributed by atoms with Crippen LogP contribution in [-0.4, -0.2) is 18.0 Å². The molecule has 0 aromatic heterocycles. The summed E-state index contributed by atoms with van der Waals surface area (Å²) in [6, 6.07) is 14.2. The highest BCUT2D eigenvalue weighted by Gasteiger charge is 2.20. The largest absolute Gasteiger partial charge is 0.508 e. The van der Waals surface area contributed by atoms with Gasteiger partial charge in [-0.25, -0.2) is 0 Å². The summed E-state index contributed by atoms with van der Waals surface area (Å²) in [7, 11) is 1.64. The Bertz CT molecular complexity index is 630. The smallest absolute Gasteiger partial charge is 0.120 e. The molecule has 1 aliphatic heterocycles. The van der Waals surface area contributed by atoms with E-state index in [4.69, 9.17) is 4.74 Å². The lowest BCUT2D eigenvalue weighted by Crippen LogP contribution is -2.24. The predicted octanol–water partition coefficient (Wildman–Crippen LogP) is 3.73. The zero-order valence-electron chi connectivity index (χ0n) is 12.0. The Balaban J connectivity index is 1.74. The molecule has 0 saturated carbocycles. The standard InChI is InChI=1S/C17H19NO2S/c1-20-13-6-7-16(19)12(10-13)11-18-15-8-9-21-17-5-3-2-4-14(15)17/h2-7,10,15,18-19H,8-9,11H2,1H3. The summed E-state index contributed by atoms with van der Waals surface area (Å²) < 4.78 is 5.22. The molecule has 1 atom stereocenters. The Kier molecular flexibility index (Phi) is 4.36. The summed E-state index contributed by atoms with van der Waals surface area (Å²) in [4.78, 5) is 1.36. The summed E-state index contributed by atoms with van der Waals surface area (Å²) >= 11 is 1.91. The Hall–Kier alpha value is -1.65. The van der Waals surface area contributed by atoms with E-state index in [0.717, 1.165) is 23.5 Å². The van der Waals surface area contributed by atoms with Crippen molar-refractivity contribution in [2.24, 2.45) is 0 Å². The fraction of sp³-hybridized carbons (Fsp3) is 0.294. The molecule has 0 saturated heterocycles. The highest BCUT2D eigenvalue weighted by molar-refractivity contribution is 7.99. The van der Waals surface area contributed by atoms with Gasteiger partial charge in [-0.05, 0) is 42.0 Å². The number of thioether (sulfide) groups is 1. The van der Waals surface area contributed by atoms with Crippen molar-refractivity contribution in [2.75, 3.05) is 12.9 Å². The lowest BCUT2D eigenvalue weighted by atomic mass is 10.0. The van der Waals surface area contributed by atoms with Gasteiger partial charge in [0.05, 0.1) is 7.11 Å². The van der Waals surface area contributed by atoms with Crippen molar-refractivity contribution in [1.29, 1.82) is 0 Å². The average Bonchev–Trinajstić information content (AvgIpc) is 2.54. The van der Waals surface area contributed by atoms with E-state index in [2.05, 4.69) is 29.6 Å². The molecule has 0 fully saturated rings. The first kappa shape index (κ1) is 14.3. The number of nitrogens with one attached hydrogen (secondary N) is 1. The van der Waals surface area contributed by atoms with E-state index in [1.165, 1.54) is 10.5 Å². The number of fused-ring (bicyclic) bond motifs is 1. The van der Waals surface area contributed by atoms with Crippen molar-refractivity contribution >= 4 is 11.8 Å². The monoisotopic (exact) mass is 301 g/mol. The van der Waals surface area contributed by atoms with E-state index < -0.39 is 0 Å². The molecule has 1 aliphatic rings. The Morgan fingerprint density at radius 2 is 2.14 bits per heavy atom. The van der Waals surface area contributed by atoms with Crippen LogP contribution >= 0.6 is 11.8 Å². The number of hydrogen-bond donors (Lipinski definition) is 2. The number of rotatable bonds is 4. The van der Waals surface area contributed by atoms with Crippen LogP contribution in [0, 0.1) is 0 Å². The number of phenolic OH excluding ortho intramolecular Hbond substituents is 1. The van der Waals surface area contributed by atoms with Gasteiger partial charge >= 0.3 is 0 Å². The van der Waals surface area contributed by atoms with Crippen LogP contribution in [0.25, 0.3) is 0 Å². The molecule has 2 N–H and O–H groups in total. The van der Waals surface area contributed by atoms with Gasteiger partial charge in [-0.3, -0.25) is 0 Å². The molecule has 110 valence electrons. The molecule has 0 bridgehead atoms. The molecule has 3 nitrogen and oxygen atoms in total. The van der Waals surface area contributed by atoms with Gasteiger partial charge in [0, 0.05) is 23.0 Å². The molecular formula is C17H19NO2S. The van der Waals surface area contributed by atoms with Crippen molar-refractivity contribution in [3.63, 3.8) is 0 Å². The molecule has 0 aliphatic carbocycles. The third kappa shape index (κ3) is 3.17. The van der Waals surface area contributed by atoms with E-state index in [0.29, 0.717) is 18.3 Å². The van der Waals surface area contributed by atoms with E-state index in [9.17, 15) is 5.11 Å². The summed E-state index contributed by atoms with van der Waals surface area (Å²) in [5, 5.41) is 13.5. The van der Waals surface area contributed by atoms with Crippen LogP contribution in [0.15, 0.2) is 47.4 Å².